The molecule has 5 nitrogen and oxygen atoms in total. The van der Waals surface area contributed by atoms with E-state index in [0.717, 1.165) is 33.8 Å². The highest BCUT2D eigenvalue weighted by Crippen LogP contribution is 2.33. The summed E-state index contributed by atoms with van der Waals surface area (Å²) in [7, 11) is 1.95. The molecule has 0 spiro atoms. The monoisotopic (exact) mass is 356 g/mol. The Balaban J connectivity index is 0.00000192. The molecular formula is C16H25ClN4OS. The molecule has 1 saturated heterocycles. The summed E-state index contributed by atoms with van der Waals surface area (Å²) in [6.45, 7) is 7.81. The molecule has 3 rings (SSSR count). The Labute approximate surface area is 147 Å². The van der Waals surface area contributed by atoms with E-state index in [1.165, 1.54) is 0 Å². The maximum atomic E-state index is 12.8. The van der Waals surface area contributed by atoms with Gasteiger partial charge in [0.05, 0.1) is 10.6 Å². The van der Waals surface area contributed by atoms with Crippen LogP contribution in [0.2, 0.25) is 0 Å². The maximum absolute atomic E-state index is 12.8. The first-order chi connectivity index (χ1) is 10.4. The molecule has 0 aliphatic carbocycles. The Hall–Kier alpha value is -1.11. The maximum Gasteiger partial charge on any atom is 0.264 e. The van der Waals surface area contributed by atoms with Gasteiger partial charge in [0.2, 0.25) is 0 Å². The molecule has 128 valence electrons. The molecule has 1 fully saturated rings. The molecule has 7 heteroatoms. The number of thiophene rings is 1. The van der Waals surface area contributed by atoms with Gasteiger partial charge in [-0.25, -0.2) is 0 Å². The fourth-order valence-electron chi connectivity index (χ4n) is 3.34. The Morgan fingerprint density at radius 2 is 2.22 bits per heavy atom. The Morgan fingerprint density at radius 1 is 1.52 bits per heavy atom. The van der Waals surface area contributed by atoms with Gasteiger partial charge in [-0.3, -0.25) is 9.48 Å². The zero-order valence-electron chi connectivity index (χ0n) is 14.1. The second kappa shape index (κ2) is 6.79. The van der Waals surface area contributed by atoms with Crippen LogP contribution in [0.25, 0.3) is 10.2 Å². The number of hydrogen-bond acceptors (Lipinski definition) is 4. The fourth-order valence-corrected chi connectivity index (χ4v) is 4.37. The van der Waals surface area contributed by atoms with Gasteiger partial charge in [-0.1, -0.05) is 13.8 Å². The lowest BCUT2D eigenvalue weighted by Gasteiger charge is -2.20. The Kier molecular flexibility index (Phi) is 5.38. The number of rotatable bonds is 3. The summed E-state index contributed by atoms with van der Waals surface area (Å²) in [5.41, 5.74) is 6.84. The SMILES string of the molecule is CC(C)c1nn(C)c2sc(C(=O)N3CC(CN)CC3C)cc12.Cl. The lowest BCUT2D eigenvalue weighted by molar-refractivity contribution is 0.0748. The van der Waals surface area contributed by atoms with Crippen molar-refractivity contribution in [3.63, 3.8) is 0 Å². The molecule has 1 aliphatic rings. The molecule has 0 radical (unpaired) electrons. The van der Waals surface area contributed by atoms with Crippen LogP contribution < -0.4 is 5.73 Å². The van der Waals surface area contributed by atoms with E-state index in [-0.39, 0.29) is 24.4 Å². The van der Waals surface area contributed by atoms with Gasteiger partial charge in [0.15, 0.2) is 0 Å². The molecule has 23 heavy (non-hydrogen) atoms. The summed E-state index contributed by atoms with van der Waals surface area (Å²) < 4.78 is 1.89. The molecule has 2 aromatic rings. The zero-order chi connectivity index (χ0) is 16.0. The van der Waals surface area contributed by atoms with Crippen molar-refractivity contribution in [3.05, 3.63) is 16.6 Å². The number of carbonyl (C=O) groups excluding carboxylic acids is 1. The number of aryl methyl sites for hydroxylation is 1. The van der Waals surface area contributed by atoms with Crippen LogP contribution in [0.15, 0.2) is 6.07 Å². The van der Waals surface area contributed by atoms with Gasteiger partial charge in [-0.05, 0) is 37.8 Å². The highest BCUT2D eigenvalue weighted by Gasteiger charge is 2.33. The minimum atomic E-state index is 0. The number of aromatic nitrogens is 2. The molecule has 0 bridgehead atoms. The van der Waals surface area contributed by atoms with Gasteiger partial charge < -0.3 is 10.6 Å². The summed E-state index contributed by atoms with van der Waals surface area (Å²) >= 11 is 1.55. The predicted octanol–water partition coefficient (Wildman–Crippen LogP) is 2.99. The summed E-state index contributed by atoms with van der Waals surface area (Å²) in [6, 6.07) is 2.29. The van der Waals surface area contributed by atoms with Crippen molar-refractivity contribution in [3.8, 4) is 0 Å². The van der Waals surface area contributed by atoms with E-state index in [1.54, 1.807) is 11.3 Å². The lowest BCUT2D eigenvalue weighted by atomic mass is 10.1. The van der Waals surface area contributed by atoms with E-state index in [1.807, 2.05) is 22.7 Å². The van der Waals surface area contributed by atoms with Gasteiger partial charge in [0, 0.05) is 25.0 Å². The molecule has 1 amide bonds. The number of amides is 1. The van der Waals surface area contributed by atoms with Crippen LogP contribution >= 0.6 is 23.7 Å². The molecular weight excluding hydrogens is 332 g/mol. The van der Waals surface area contributed by atoms with Gasteiger partial charge in [-0.2, -0.15) is 5.10 Å². The normalized spacial score (nSPS) is 21.2. The Morgan fingerprint density at radius 3 is 2.78 bits per heavy atom. The van der Waals surface area contributed by atoms with E-state index in [2.05, 4.69) is 25.9 Å². The van der Waals surface area contributed by atoms with E-state index in [0.29, 0.717) is 18.4 Å². The van der Waals surface area contributed by atoms with Crippen LogP contribution in [0.5, 0.6) is 0 Å². The van der Waals surface area contributed by atoms with Gasteiger partial charge in [0.25, 0.3) is 5.91 Å². The van der Waals surface area contributed by atoms with Crippen molar-refractivity contribution in [2.75, 3.05) is 13.1 Å². The van der Waals surface area contributed by atoms with Crippen molar-refractivity contribution in [2.45, 2.75) is 39.2 Å². The molecule has 3 heterocycles. The van der Waals surface area contributed by atoms with Gasteiger partial charge >= 0.3 is 0 Å². The number of carbonyl (C=O) groups is 1. The number of fused-ring (bicyclic) bond motifs is 1. The lowest BCUT2D eigenvalue weighted by Crippen LogP contribution is -2.33. The number of hydrogen-bond donors (Lipinski definition) is 1. The van der Waals surface area contributed by atoms with Crippen molar-refractivity contribution in [1.29, 1.82) is 0 Å². The third kappa shape index (κ3) is 3.12. The summed E-state index contributed by atoms with van der Waals surface area (Å²) in [4.78, 5) is 16.7. The summed E-state index contributed by atoms with van der Waals surface area (Å²) in [5, 5.41) is 5.69. The molecule has 2 atom stereocenters. The molecule has 1 aliphatic heterocycles. The first-order valence-corrected chi connectivity index (χ1v) is 8.71. The van der Waals surface area contributed by atoms with Crippen molar-refractivity contribution in [1.82, 2.24) is 14.7 Å². The van der Waals surface area contributed by atoms with Crippen molar-refractivity contribution in [2.24, 2.45) is 18.7 Å². The molecule has 0 aromatic carbocycles. The second-order valence-corrected chi connectivity index (χ2v) is 7.67. The number of nitrogens with zero attached hydrogens (tertiary/aromatic N) is 3. The van der Waals surface area contributed by atoms with E-state index < -0.39 is 0 Å². The molecule has 2 unspecified atom stereocenters. The second-order valence-electron chi connectivity index (χ2n) is 6.64. The van der Waals surface area contributed by atoms with E-state index >= 15 is 0 Å². The third-order valence-electron chi connectivity index (χ3n) is 4.55. The largest absolute Gasteiger partial charge is 0.335 e. The first-order valence-electron chi connectivity index (χ1n) is 7.89. The van der Waals surface area contributed by atoms with Crippen LogP contribution in [-0.2, 0) is 7.05 Å². The molecule has 0 saturated carbocycles. The van der Waals surface area contributed by atoms with Crippen LogP contribution in [0.3, 0.4) is 0 Å². The predicted molar refractivity (Wildman–Crippen MR) is 97.6 cm³/mol. The number of halogens is 1. The van der Waals surface area contributed by atoms with Crippen LogP contribution in [-0.4, -0.2) is 39.7 Å². The summed E-state index contributed by atoms with van der Waals surface area (Å²) in [6.07, 6.45) is 1.01. The standard InChI is InChI=1S/C16H24N4OS.ClH/c1-9(2)14-12-6-13(22-16(12)19(4)18-14)15(21)20-8-11(7-17)5-10(20)3;/h6,9-11H,5,7-8,17H2,1-4H3;1H. The fraction of sp³-hybridized carbons (Fsp3) is 0.625. The zero-order valence-corrected chi connectivity index (χ0v) is 15.7. The molecule has 2 N–H and O–H groups in total. The summed E-state index contributed by atoms with van der Waals surface area (Å²) in [5.74, 6) is 0.925. The van der Waals surface area contributed by atoms with Crippen LogP contribution in [0.1, 0.15) is 48.5 Å². The van der Waals surface area contributed by atoms with Crippen LogP contribution in [0, 0.1) is 5.92 Å². The minimum Gasteiger partial charge on any atom is -0.335 e. The van der Waals surface area contributed by atoms with Crippen molar-refractivity contribution < 1.29 is 4.79 Å². The highest BCUT2D eigenvalue weighted by atomic mass is 35.5. The third-order valence-corrected chi connectivity index (χ3v) is 5.74. The van der Waals surface area contributed by atoms with E-state index in [9.17, 15) is 4.79 Å². The number of likely N-dealkylation sites (tertiary alicyclic amines) is 1. The van der Waals surface area contributed by atoms with Gasteiger partial charge in [-0.15, -0.1) is 23.7 Å². The quantitative estimate of drug-likeness (QED) is 0.919. The molecule has 2 aromatic heterocycles. The number of nitrogens with two attached hydrogens (primary N) is 1. The Bertz CT molecular complexity index is 708. The van der Waals surface area contributed by atoms with Crippen LogP contribution in [0.4, 0.5) is 0 Å². The highest BCUT2D eigenvalue weighted by molar-refractivity contribution is 7.20. The van der Waals surface area contributed by atoms with Crippen molar-refractivity contribution >= 4 is 39.9 Å². The van der Waals surface area contributed by atoms with Gasteiger partial charge in [0.1, 0.15) is 4.83 Å². The smallest absolute Gasteiger partial charge is 0.264 e. The topological polar surface area (TPSA) is 64.2 Å². The average Bonchev–Trinajstić information content (AvgIpc) is 3.13. The minimum absolute atomic E-state index is 0. The average molecular weight is 357 g/mol. The first kappa shape index (κ1) is 18.2. The van der Waals surface area contributed by atoms with E-state index in [4.69, 9.17) is 5.73 Å².